The van der Waals surface area contributed by atoms with Gasteiger partial charge in [0.2, 0.25) is 0 Å². The second kappa shape index (κ2) is 7.08. The van der Waals surface area contributed by atoms with Gasteiger partial charge in [-0.2, -0.15) is 0 Å². The van der Waals surface area contributed by atoms with E-state index in [9.17, 15) is 0 Å². The van der Waals surface area contributed by atoms with Gasteiger partial charge in [0.05, 0.1) is 36.0 Å². The minimum Gasteiger partial charge on any atom is -0.377 e. The summed E-state index contributed by atoms with van der Waals surface area (Å²) >= 11 is 0. The molecule has 0 bridgehead atoms. The van der Waals surface area contributed by atoms with Crippen molar-refractivity contribution in [1.82, 2.24) is 14.5 Å². The van der Waals surface area contributed by atoms with E-state index in [0.29, 0.717) is 13.2 Å². The number of hydrogen-bond donors (Lipinski definition) is 2. The van der Waals surface area contributed by atoms with Crippen LogP contribution in [-0.2, 0) is 18.3 Å². The van der Waals surface area contributed by atoms with Crippen LogP contribution in [0.15, 0.2) is 30.7 Å². The lowest BCUT2D eigenvalue weighted by atomic mass is 10.1. The second-order valence-corrected chi connectivity index (χ2v) is 7.25. The summed E-state index contributed by atoms with van der Waals surface area (Å²) in [5.41, 5.74) is 9.18. The highest BCUT2D eigenvalue weighted by Gasteiger charge is 2.24. The number of fused-ring (bicyclic) bond motifs is 2. The number of anilines is 3. The van der Waals surface area contributed by atoms with E-state index in [1.54, 1.807) is 6.33 Å². The van der Waals surface area contributed by atoms with Crippen molar-refractivity contribution in [3.05, 3.63) is 41.9 Å². The fraction of sp³-hybridized carbons (Fsp3) is 0.400. The molecule has 1 aliphatic rings. The molecule has 2 aromatic heterocycles. The van der Waals surface area contributed by atoms with Crippen LogP contribution in [0.4, 0.5) is 17.2 Å². The first kappa shape index (κ1) is 17.6. The lowest BCUT2D eigenvalue weighted by molar-refractivity contribution is 0.0870. The fourth-order valence-electron chi connectivity index (χ4n) is 3.42. The Morgan fingerprint density at radius 3 is 2.96 bits per heavy atom. The smallest absolute Gasteiger partial charge is 0.147 e. The van der Waals surface area contributed by atoms with Crippen molar-refractivity contribution >= 4 is 28.2 Å². The third-order valence-corrected chi connectivity index (χ3v) is 4.72. The Morgan fingerprint density at radius 1 is 1.30 bits per heavy atom. The van der Waals surface area contributed by atoms with Gasteiger partial charge in [-0.1, -0.05) is 12.1 Å². The Kier molecular flexibility index (Phi) is 4.61. The molecule has 0 amide bonds. The molecule has 0 spiro atoms. The molecule has 0 aliphatic carbocycles. The number of benzene rings is 1. The first-order valence-corrected chi connectivity index (χ1v) is 9.32. The normalized spacial score (nSPS) is 13.3. The summed E-state index contributed by atoms with van der Waals surface area (Å²) < 4.78 is 7.67. The molecule has 7 nitrogen and oxygen atoms in total. The quantitative estimate of drug-likeness (QED) is 0.651. The van der Waals surface area contributed by atoms with E-state index in [4.69, 9.17) is 4.74 Å². The average molecular weight is 366 g/mol. The van der Waals surface area contributed by atoms with E-state index < -0.39 is 0 Å². The highest BCUT2D eigenvalue weighted by Crippen LogP contribution is 2.37. The maximum atomic E-state index is 5.63. The molecule has 27 heavy (non-hydrogen) atoms. The van der Waals surface area contributed by atoms with E-state index in [0.717, 1.165) is 34.8 Å². The fourth-order valence-corrected chi connectivity index (χ4v) is 3.42. The summed E-state index contributed by atoms with van der Waals surface area (Å²) in [4.78, 5) is 8.97. The van der Waals surface area contributed by atoms with Crippen LogP contribution in [-0.4, -0.2) is 33.8 Å². The Bertz CT molecular complexity index is 965. The van der Waals surface area contributed by atoms with E-state index in [2.05, 4.69) is 57.0 Å². The van der Waals surface area contributed by atoms with Crippen LogP contribution in [0, 0.1) is 6.92 Å². The minimum atomic E-state index is 0.222. The number of aromatic nitrogens is 3. The summed E-state index contributed by atoms with van der Waals surface area (Å²) in [6, 6.07) is 6.51. The van der Waals surface area contributed by atoms with E-state index in [1.807, 2.05) is 25.5 Å². The van der Waals surface area contributed by atoms with Crippen LogP contribution in [0.5, 0.6) is 0 Å². The molecule has 0 radical (unpaired) electrons. The average Bonchev–Trinajstić information content (AvgIpc) is 3.20. The molecule has 0 fully saturated rings. The monoisotopic (exact) mass is 366 g/mol. The Morgan fingerprint density at radius 2 is 2.15 bits per heavy atom. The zero-order chi connectivity index (χ0) is 19.0. The summed E-state index contributed by atoms with van der Waals surface area (Å²) in [6.07, 6.45) is 3.92. The van der Waals surface area contributed by atoms with Gasteiger partial charge in [-0.15, -0.1) is 0 Å². The zero-order valence-electron chi connectivity index (χ0n) is 16.3. The van der Waals surface area contributed by atoms with Gasteiger partial charge >= 0.3 is 0 Å². The van der Waals surface area contributed by atoms with Crippen molar-refractivity contribution in [2.45, 2.75) is 33.4 Å². The van der Waals surface area contributed by atoms with Crippen molar-refractivity contribution in [1.29, 1.82) is 0 Å². The van der Waals surface area contributed by atoms with Crippen LogP contribution in [0.2, 0.25) is 0 Å². The molecule has 3 aromatic rings. The van der Waals surface area contributed by atoms with Crippen LogP contribution in [0.25, 0.3) is 11.0 Å². The van der Waals surface area contributed by atoms with Crippen LogP contribution >= 0.6 is 0 Å². The number of aryl methyl sites for hydroxylation is 2. The molecule has 142 valence electrons. The van der Waals surface area contributed by atoms with Gasteiger partial charge in [0, 0.05) is 19.8 Å². The van der Waals surface area contributed by atoms with Gasteiger partial charge in [0.25, 0.3) is 0 Å². The molecule has 1 aliphatic heterocycles. The van der Waals surface area contributed by atoms with Crippen LogP contribution in [0.3, 0.4) is 0 Å². The number of hydrogen-bond acceptors (Lipinski definition) is 6. The van der Waals surface area contributed by atoms with Gasteiger partial charge in [-0.25, -0.2) is 9.97 Å². The van der Waals surface area contributed by atoms with Crippen molar-refractivity contribution in [3.63, 3.8) is 0 Å². The predicted octanol–water partition coefficient (Wildman–Crippen LogP) is 3.46. The van der Waals surface area contributed by atoms with Gasteiger partial charge in [-0.05, 0) is 38.0 Å². The maximum absolute atomic E-state index is 5.63. The molecular formula is C20H26N6O. The Labute approximate surface area is 159 Å². The summed E-state index contributed by atoms with van der Waals surface area (Å²) in [5.74, 6) is 0.830. The number of hydrazine groups is 1. The van der Waals surface area contributed by atoms with E-state index in [-0.39, 0.29) is 6.10 Å². The summed E-state index contributed by atoms with van der Waals surface area (Å²) in [5, 5.41) is 6.58. The Balaban J connectivity index is 1.63. The SMILES string of the molecule is Cc1ccc2c(c1)NN(c1cn(C)c3ncnc(NCCOC(C)C)c13)C2. The number of nitrogens with one attached hydrogen (secondary N) is 2. The van der Waals surface area contributed by atoms with Crippen LogP contribution < -0.4 is 15.8 Å². The maximum Gasteiger partial charge on any atom is 0.147 e. The van der Waals surface area contributed by atoms with Crippen molar-refractivity contribution in [2.24, 2.45) is 7.05 Å². The van der Waals surface area contributed by atoms with E-state index in [1.165, 1.54) is 11.1 Å². The molecule has 0 unspecified atom stereocenters. The topological polar surface area (TPSA) is 67.2 Å². The summed E-state index contributed by atoms with van der Waals surface area (Å²) in [6.45, 7) is 8.33. The van der Waals surface area contributed by atoms with Gasteiger partial charge in [-0.3, -0.25) is 10.4 Å². The Hall–Kier alpha value is -2.80. The van der Waals surface area contributed by atoms with Crippen molar-refractivity contribution < 1.29 is 4.74 Å². The zero-order valence-corrected chi connectivity index (χ0v) is 16.3. The van der Waals surface area contributed by atoms with Crippen molar-refractivity contribution in [3.8, 4) is 0 Å². The molecule has 0 atom stereocenters. The largest absolute Gasteiger partial charge is 0.377 e. The molecule has 3 heterocycles. The number of ether oxygens (including phenoxy) is 1. The molecule has 7 heteroatoms. The molecular weight excluding hydrogens is 340 g/mol. The minimum absolute atomic E-state index is 0.222. The molecule has 2 N–H and O–H groups in total. The van der Waals surface area contributed by atoms with Gasteiger partial charge in [0.1, 0.15) is 17.8 Å². The highest BCUT2D eigenvalue weighted by atomic mass is 16.5. The molecule has 1 aromatic carbocycles. The first-order valence-electron chi connectivity index (χ1n) is 9.32. The van der Waals surface area contributed by atoms with E-state index >= 15 is 0 Å². The second-order valence-electron chi connectivity index (χ2n) is 7.25. The number of nitrogens with zero attached hydrogens (tertiary/aromatic N) is 4. The van der Waals surface area contributed by atoms with Gasteiger partial charge < -0.3 is 14.6 Å². The lowest BCUT2D eigenvalue weighted by Crippen LogP contribution is -2.22. The third kappa shape index (κ3) is 3.42. The standard InChI is InChI=1S/C20H26N6O/c1-13(2)27-8-7-21-19-18-17(11-25(4)20(18)23-12-22-19)26-10-15-6-5-14(3)9-16(15)24-26/h5-6,9,11-13,24H,7-8,10H2,1-4H3,(H,21,22,23). The predicted molar refractivity (Wildman–Crippen MR) is 109 cm³/mol. The third-order valence-electron chi connectivity index (χ3n) is 4.72. The van der Waals surface area contributed by atoms with Gasteiger partial charge in [0.15, 0.2) is 0 Å². The van der Waals surface area contributed by atoms with Crippen molar-refractivity contribution in [2.75, 3.05) is 28.9 Å². The highest BCUT2D eigenvalue weighted by molar-refractivity contribution is 6.00. The lowest BCUT2D eigenvalue weighted by Gasteiger charge is -2.18. The van der Waals surface area contributed by atoms with Crippen LogP contribution in [0.1, 0.15) is 25.0 Å². The summed E-state index contributed by atoms with van der Waals surface area (Å²) in [7, 11) is 2.01. The molecule has 4 rings (SSSR count). The first-order chi connectivity index (χ1) is 13.0. The number of rotatable bonds is 6. The molecule has 0 saturated heterocycles. The molecule has 0 saturated carbocycles.